The van der Waals surface area contributed by atoms with Crippen LogP contribution in [0.15, 0.2) is 48.9 Å². The van der Waals surface area contributed by atoms with E-state index in [2.05, 4.69) is 30.4 Å². The number of anilines is 1. The van der Waals surface area contributed by atoms with Crippen molar-refractivity contribution in [3.05, 3.63) is 65.9 Å². The van der Waals surface area contributed by atoms with Crippen LogP contribution >= 0.6 is 0 Å². The van der Waals surface area contributed by atoms with Gasteiger partial charge in [-0.3, -0.25) is 14.8 Å². The number of aromatic nitrogens is 4. The lowest BCUT2D eigenvalue weighted by atomic mass is 10.1. The molecular formula is C21H22N6O. The lowest BCUT2D eigenvalue weighted by Gasteiger charge is -2.17. The lowest BCUT2D eigenvalue weighted by molar-refractivity contribution is 0.0950. The van der Waals surface area contributed by atoms with Crippen LogP contribution in [0.4, 0.5) is 5.69 Å². The minimum absolute atomic E-state index is 0.159. The molecule has 142 valence electrons. The summed E-state index contributed by atoms with van der Waals surface area (Å²) in [4.78, 5) is 23.3. The predicted molar refractivity (Wildman–Crippen MR) is 107 cm³/mol. The third kappa shape index (κ3) is 4.14. The van der Waals surface area contributed by atoms with Gasteiger partial charge in [0.1, 0.15) is 0 Å². The van der Waals surface area contributed by atoms with Crippen LogP contribution in [-0.4, -0.2) is 39.2 Å². The van der Waals surface area contributed by atoms with E-state index in [1.807, 2.05) is 31.2 Å². The Kier molecular flexibility index (Phi) is 5.23. The maximum atomic E-state index is 12.5. The fourth-order valence-corrected chi connectivity index (χ4v) is 3.25. The number of nitrogens with zero attached hydrogens (tertiary/aromatic N) is 5. The van der Waals surface area contributed by atoms with Crippen molar-refractivity contribution in [2.24, 2.45) is 0 Å². The molecule has 0 radical (unpaired) electrons. The normalized spacial score (nSPS) is 13.5. The van der Waals surface area contributed by atoms with Gasteiger partial charge in [-0.25, -0.2) is 0 Å². The Bertz CT molecular complexity index is 967. The molecule has 1 amide bonds. The summed E-state index contributed by atoms with van der Waals surface area (Å²) in [5, 5.41) is 11.3. The van der Waals surface area contributed by atoms with Gasteiger partial charge in [0.25, 0.3) is 5.91 Å². The zero-order valence-corrected chi connectivity index (χ0v) is 15.8. The van der Waals surface area contributed by atoms with Crippen molar-refractivity contribution in [3.8, 4) is 11.3 Å². The maximum absolute atomic E-state index is 12.5. The highest BCUT2D eigenvalue weighted by Crippen LogP contribution is 2.24. The van der Waals surface area contributed by atoms with Crippen LogP contribution in [0.3, 0.4) is 0 Å². The monoisotopic (exact) mass is 374 g/mol. The van der Waals surface area contributed by atoms with E-state index in [0.717, 1.165) is 41.4 Å². The SMILES string of the molecule is Cc1cnc(CNC(=O)c2cccc(-c3cc(N4CCCC4)cnn3)c2)cn1. The standard InChI is InChI=1S/C21H22N6O/c1-15-11-23-18(12-22-15)13-24-21(28)17-6-4-5-16(9-17)20-10-19(14-25-26-20)27-7-2-3-8-27/h4-6,9-12,14H,2-3,7-8,13H2,1H3,(H,24,28). The first-order valence-corrected chi connectivity index (χ1v) is 9.43. The van der Waals surface area contributed by atoms with Gasteiger partial charge in [-0.05, 0) is 38.0 Å². The molecule has 2 aromatic heterocycles. The van der Waals surface area contributed by atoms with E-state index in [9.17, 15) is 4.79 Å². The Balaban J connectivity index is 1.48. The van der Waals surface area contributed by atoms with Crippen molar-refractivity contribution in [1.29, 1.82) is 0 Å². The minimum atomic E-state index is -0.159. The fraction of sp³-hybridized carbons (Fsp3) is 0.286. The van der Waals surface area contributed by atoms with Crippen molar-refractivity contribution in [3.63, 3.8) is 0 Å². The number of benzene rings is 1. The summed E-state index contributed by atoms with van der Waals surface area (Å²) in [7, 11) is 0. The van der Waals surface area contributed by atoms with Gasteiger partial charge in [0.2, 0.25) is 0 Å². The Labute approximate surface area is 163 Å². The van der Waals surface area contributed by atoms with E-state index in [0.29, 0.717) is 12.1 Å². The number of hydrogen-bond donors (Lipinski definition) is 1. The van der Waals surface area contributed by atoms with E-state index < -0.39 is 0 Å². The molecule has 3 aromatic rings. The number of amides is 1. The summed E-state index contributed by atoms with van der Waals surface area (Å²) < 4.78 is 0. The summed E-state index contributed by atoms with van der Waals surface area (Å²) in [6.45, 7) is 4.31. The Morgan fingerprint density at radius 3 is 2.75 bits per heavy atom. The quantitative estimate of drug-likeness (QED) is 0.739. The van der Waals surface area contributed by atoms with E-state index in [1.54, 1.807) is 24.7 Å². The first-order chi connectivity index (χ1) is 13.7. The molecule has 1 N–H and O–H groups in total. The van der Waals surface area contributed by atoms with Gasteiger partial charge in [0.15, 0.2) is 0 Å². The van der Waals surface area contributed by atoms with E-state index in [4.69, 9.17) is 0 Å². The zero-order valence-electron chi connectivity index (χ0n) is 15.8. The van der Waals surface area contributed by atoms with Crippen LogP contribution < -0.4 is 10.2 Å². The Hall–Kier alpha value is -3.35. The Morgan fingerprint density at radius 1 is 1.11 bits per heavy atom. The molecule has 28 heavy (non-hydrogen) atoms. The van der Waals surface area contributed by atoms with Crippen molar-refractivity contribution in [2.45, 2.75) is 26.3 Å². The molecule has 3 heterocycles. The van der Waals surface area contributed by atoms with Gasteiger partial charge < -0.3 is 10.2 Å². The number of nitrogens with one attached hydrogen (secondary N) is 1. The molecule has 0 aliphatic carbocycles. The predicted octanol–water partition coefficient (Wildman–Crippen LogP) is 2.77. The van der Waals surface area contributed by atoms with Crippen LogP contribution in [0.5, 0.6) is 0 Å². The zero-order chi connectivity index (χ0) is 19.3. The summed E-state index contributed by atoms with van der Waals surface area (Å²) >= 11 is 0. The fourth-order valence-electron chi connectivity index (χ4n) is 3.25. The van der Waals surface area contributed by atoms with Gasteiger partial charge in [-0.2, -0.15) is 10.2 Å². The molecule has 0 bridgehead atoms. The third-order valence-corrected chi connectivity index (χ3v) is 4.80. The average molecular weight is 374 g/mol. The molecule has 0 spiro atoms. The number of carbonyl (C=O) groups excluding carboxylic acids is 1. The lowest BCUT2D eigenvalue weighted by Crippen LogP contribution is -2.23. The molecule has 7 heteroatoms. The molecule has 7 nitrogen and oxygen atoms in total. The summed E-state index contributed by atoms with van der Waals surface area (Å²) in [6.07, 6.45) is 7.57. The van der Waals surface area contributed by atoms with Crippen LogP contribution in [-0.2, 0) is 6.54 Å². The summed E-state index contributed by atoms with van der Waals surface area (Å²) in [5.74, 6) is -0.159. The molecule has 0 saturated carbocycles. The Morgan fingerprint density at radius 2 is 1.96 bits per heavy atom. The van der Waals surface area contributed by atoms with Gasteiger partial charge in [0, 0.05) is 30.4 Å². The van der Waals surface area contributed by atoms with Gasteiger partial charge >= 0.3 is 0 Å². The van der Waals surface area contributed by atoms with Gasteiger partial charge in [-0.1, -0.05) is 12.1 Å². The van der Waals surface area contributed by atoms with Crippen molar-refractivity contribution in [1.82, 2.24) is 25.5 Å². The average Bonchev–Trinajstić information content (AvgIpc) is 3.28. The second-order valence-corrected chi connectivity index (χ2v) is 6.91. The highest BCUT2D eigenvalue weighted by molar-refractivity contribution is 5.95. The van der Waals surface area contributed by atoms with Crippen LogP contribution in [0.1, 0.15) is 34.6 Å². The second kappa shape index (κ2) is 8.12. The van der Waals surface area contributed by atoms with Crippen LogP contribution in [0.25, 0.3) is 11.3 Å². The summed E-state index contributed by atoms with van der Waals surface area (Å²) in [5.41, 5.74) is 4.86. The third-order valence-electron chi connectivity index (χ3n) is 4.80. The maximum Gasteiger partial charge on any atom is 0.251 e. The molecule has 0 unspecified atom stereocenters. The molecular weight excluding hydrogens is 352 g/mol. The highest BCUT2D eigenvalue weighted by Gasteiger charge is 2.14. The molecule has 0 atom stereocenters. The first kappa shape index (κ1) is 18.0. The number of hydrogen-bond acceptors (Lipinski definition) is 6. The topological polar surface area (TPSA) is 83.9 Å². The van der Waals surface area contributed by atoms with Crippen LogP contribution in [0.2, 0.25) is 0 Å². The molecule has 1 saturated heterocycles. The van der Waals surface area contributed by atoms with Crippen molar-refractivity contribution < 1.29 is 4.79 Å². The summed E-state index contributed by atoms with van der Waals surface area (Å²) in [6, 6.07) is 9.47. The molecule has 1 aliphatic heterocycles. The molecule has 4 rings (SSSR count). The van der Waals surface area contributed by atoms with E-state index in [1.165, 1.54) is 12.8 Å². The molecule has 1 aromatic carbocycles. The highest BCUT2D eigenvalue weighted by atomic mass is 16.1. The van der Waals surface area contributed by atoms with E-state index >= 15 is 0 Å². The smallest absolute Gasteiger partial charge is 0.251 e. The van der Waals surface area contributed by atoms with Crippen LogP contribution in [0, 0.1) is 6.92 Å². The largest absolute Gasteiger partial charge is 0.370 e. The second-order valence-electron chi connectivity index (χ2n) is 6.91. The molecule has 1 aliphatic rings. The molecule has 1 fully saturated rings. The number of aryl methyl sites for hydroxylation is 1. The minimum Gasteiger partial charge on any atom is -0.370 e. The van der Waals surface area contributed by atoms with Crippen molar-refractivity contribution >= 4 is 11.6 Å². The van der Waals surface area contributed by atoms with E-state index in [-0.39, 0.29) is 5.91 Å². The van der Waals surface area contributed by atoms with Gasteiger partial charge in [0.05, 0.1) is 41.7 Å². The van der Waals surface area contributed by atoms with Crippen molar-refractivity contribution in [2.75, 3.05) is 18.0 Å². The number of carbonyl (C=O) groups is 1. The van der Waals surface area contributed by atoms with Gasteiger partial charge in [-0.15, -0.1) is 0 Å². The first-order valence-electron chi connectivity index (χ1n) is 9.43. The number of rotatable bonds is 5.